The summed E-state index contributed by atoms with van der Waals surface area (Å²) in [6, 6.07) is 0. The Hall–Kier alpha value is -0.920. The Bertz CT molecular complexity index is 267. The molecule has 0 saturated carbocycles. The molecule has 0 radical (unpaired) electrons. The average molecular weight is 164 g/mol. The molecule has 1 aromatic rings. The zero-order chi connectivity index (χ0) is 9.14. The summed E-state index contributed by atoms with van der Waals surface area (Å²) in [5, 5.41) is 0. The normalized spacial score (nSPS) is 10.8. The van der Waals surface area contributed by atoms with Gasteiger partial charge in [-0.25, -0.2) is 9.97 Å². The molecule has 1 aromatic heterocycles. The number of hydrogen-bond acceptors (Lipinski definition) is 2. The van der Waals surface area contributed by atoms with Crippen molar-refractivity contribution in [3.8, 4) is 0 Å². The predicted octanol–water partition coefficient (Wildman–Crippen LogP) is 2.47. The minimum Gasteiger partial charge on any atom is -0.241 e. The summed E-state index contributed by atoms with van der Waals surface area (Å²) >= 11 is 0. The predicted molar refractivity (Wildman–Crippen MR) is 50.2 cm³/mol. The van der Waals surface area contributed by atoms with Gasteiger partial charge >= 0.3 is 0 Å². The van der Waals surface area contributed by atoms with E-state index in [9.17, 15) is 0 Å². The Morgan fingerprint density at radius 3 is 2.58 bits per heavy atom. The molecule has 0 bridgehead atoms. The van der Waals surface area contributed by atoms with Crippen LogP contribution < -0.4 is 0 Å². The minimum absolute atomic E-state index is 0.528. The van der Waals surface area contributed by atoms with Gasteiger partial charge in [0.2, 0.25) is 0 Å². The molecule has 12 heavy (non-hydrogen) atoms. The minimum atomic E-state index is 0.528. The van der Waals surface area contributed by atoms with Crippen LogP contribution in [-0.4, -0.2) is 9.97 Å². The molecular weight excluding hydrogens is 148 g/mol. The van der Waals surface area contributed by atoms with Gasteiger partial charge in [0.15, 0.2) is 0 Å². The van der Waals surface area contributed by atoms with E-state index in [4.69, 9.17) is 0 Å². The van der Waals surface area contributed by atoms with E-state index in [1.165, 1.54) is 11.3 Å². The van der Waals surface area contributed by atoms with Crippen molar-refractivity contribution >= 4 is 0 Å². The molecule has 0 N–H and O–H groups in total. The number of aromatic nitrogens is 2. The Kier molecular flexibility index (Phi) is 2.79. The van der Waals surface area contributed by atoms with E-state index in [1.54, 1.807) is 0 Å². The van der Waals surface area contributed by atoms with Crippen LogP contribution in [-0.2, 0) is 6.42 Å². The van der Waals surface area contributed by atoms with Crippen LogP contribution in [0.3, 0.4) is 0 Å². The van der Waals surface area contributed by atoms with Crippen LogP contribution in [0.5, 0.6) is 0 Å². The standard InChI is InChI=1S/C10H16N2/c1-5-10-9(7(2)3)6-11-8(4)12-10/h6-7H,5H2,1-4H3. The molecular formula is C10H16N2. The molecule has 0 aliphatic carbocycles. The topological polar surface area (TPSA) is 25.8 Å². The van der Waals surface area contributed by atoms with Gasteiger partial charge in [-0.05, 0) is 24.8 Å². The second kappa shape index (κ2) is 3.65. The zero-order valence-corrected chi connectivity index (χ0v) is 8.26. The van der Waals surface area contributed by atoms with Gasteiger partial charge in [-0.2, -0.15) is 0 Å². The molecule has 66 valence electrons. The van der Waals surface area contributed by atoms with Crippen LogP contribution in [0.15, 0.2) is 6.20 Å². The van der Waals surface area contributed by atoms with Gasteiger partial charge in [0.1, 0.15) is 5.82 Å². The van der Waals surface area contributed by atoms with Gasteiger partial charge in [0.05, 0.1) is 0 Å². The highest BCUT2D eigenvalue weighted by molar-refractivity contribution is 5.20. The fourth-order valence-electron chi connectivity index (χ4n) is 1.29. The van der Waals surface area contributed by atoms with Gasteiger partial charge in [0, 0.05) is 11.9 Å². The monoisotopic (exact) mass is 164 g/mol. The molecule has 1 rings (SSSR count). The van der Waals surface area contributed by atoms with Gasteiger partial charge in [-0.3, -0.25) is 0 Å². The third kappa shape index (κ3) is 1.81. The summed E-state index contributed by atoms with van der Waals surface area (Å²) in [6.07, 6.45) is 2.95. The van der Waals surface area contributed by atoms with Crippen molar-refractivity contribution in [2.24, 2.45) is 0 Å². The van der Waals surface area contributed by atoms with Crippen LogP contribution in [0.1, 0.15) is 43.8 Å². The van der Waals surface area contributed by atoms with Crippen molar-refractivity contribution in [3.63, 3.8) is 0 Å². The lowest BCUT2D eigenvalue weighted by Gasteiger charge is -2.09. The van der Waals surface area contributed by atoms with Crippen molar-refractivity contribution in [1.29, 1.82) is 0 Å². The Labute approximate surface area is 74.1 Å². The van der Waals surface area contributed by atoms with Crippen LogP contribution in [0.25, 0.3) is 0 Å². The fraction of sp³-hybridized carbons (Fsp3) is 0.600. The second-order valence-electron chi connectivity index (χ2n) is 3.33. The van der Waals surface area contributed by atoms with E-state index >= 15 is 0 Å². The molecule has 2 nitrogen and oxygen atoms in total. The van der Waals surface area contributed by atoms with Crippen molar-refractivity contribution in [1.82, 2.24) is 9.97 Å². The van der Waals surface area contributed by atoms with Crippen LogP contribution in [0.4, 0.5) is 0 Å². The maximum Gasteiger partial charge on any atom is 0.125 e. The average Bonchev–Trinajstić information content (AvgIpc) is 2.03. The van der Waals surface area contributed by atoms with Crippen molar-refractivity contribution < 1.29 is 0 Å². The highest BCUT2D eigenvalue weighted by atomic mass is 14.9. The molecule has 2 heteroatoms. The molecule has 0 amide bonds. The molecule has 0 spiro atoms. The van der Waals surface area contributed by atoms with E-state index in [-0.39, 0.29) is 0 Å². The summed E-state index contributed by atoms with van der Waals surface area (Å²) < 4.78 is 0. The summed E-state index contributed by atoms with van der Waals surface area (Å²) in [7, 11) is 0. The highest BCUT2D eigenvalue weighted by Gasteiger charge is 2.06. The molecule has 0 aromatic carbocycles. The summed E-state index contributed by atoms with van der Waals surface area (Å²) in [5.74, 6) is 1.40. The molecule has 1 heterocycles. The van der Waals surface area contributed by atoms with E-state index in [0.717, 1.165) is 12.2 Å². The fourth-order valence-corrected chi connectivity index (χ4v) is 1.29. The lowest BCUT2D eigenvalue weighted by molar-refractivity contribution is 0.799. The smallest absolute Gasteiger partial charge is 0.125 e. The summed E-state index contributed by atoms with van der Waals surface area (Å²) in [6.45, 7) is 8.41. The maximum atomic E-state index is 4.40. The Balaban J connectivity index is 3.11. The highest BCUT2D eigenvalue weighted by Crippen LogP contribution is 2.16. The van der Waals surface area contributed by atoms with Gasteiger partial charge < -0.3 is 0 Å². The van der Waals surface area contributed by atoms with E-state index in [1.807, 2.05) is 13.1 Å². The quantitative estimate of drug-likeness (QED) is 0.671. The molecule has 0 aliphatic heterocycles. The first kappa shape index (κ1) is 9.17. The summed E-state index contributed by atoms with van der Waals surface area (Å²) in [5.41, 5.74) is 2.47. The maximum absolute atomic E-state index is 4.40. The SMILES string of the molecule is CCc1nc(C)ncc1C(C)C. The molecule has 0 unspecified atom stereocenters. The third-order valence-corrected chi connectivity index (χ3v) is 1.98. The van der Waals surface area contributed by atoms with E-state index in [0.29, 0.717) is 5.92 Å². The van der Waals surface area contributed by atoms with Crippen molar-refractivity contribution in [2.75, 3.05) is 0 Å². The molecule has 0 fully saturated rings. The number of rotatable bonds is 2. The molecule has 0 aliphatic rings. The Morgan fingerprint density at radius 2 is 2.08 bits per heavy atom. The molecule has 0 saturated heterocycles. The number of nitrogens with zero attached hydrogens (tertiary/aromatic N) is 2. The third-order valence-electron chi connectivity index (χ3n) is 1.98. The first-order valence-electron chi connectivity index (χ1n) is 4.47. The molecule has 0 atom stereocenters. The lowest BCUT2D eigenvalue weighted by atomic mass is 10.0. The van der Waals surface area contributed by atoms with E-state index < -0.39 is 0 Å². The first-order chi connectivity index (χ1) is 5.65. The summed E-state index contributed by atoms with van der Waals surface area (Å²) in [4.78, 5) is 8.60. The van der Waals surface area contributed by atoms with Crippen molar-refractivity contribution in [3.05, 3.63) is 23.3 Å². The largest absolute Gasteiger partial charge is 0.241 e. The first-order valence-corrected chi connectivity index (χ1v) is 4.47. The van der Waals surface area contributed by atoms with Crippen LogP contribution in [0.2, 0.25) is 0 Å². The van der Waals surface area contributed by atoms with Crippen LogP contribution >= 0.6 is 0 Å². The number of hydrogen-bond donors (Lipinski definition) is 0. The van der Waals surface area contributed by atoms with E-state index in [2.05, 4.69) is 30.7 Å². The van der Waals surface area contributed by atoms with Crippen molar-refractivity contribution in [2.45, 2.75) is 40.0 Å². The second-order valence-corrected chi connectivity index (χ2v) is 3.33. The van der Waals surface area contributed by atoms with Crippen LogP contribution in [0, 0.1) is 6.92 Å². The number of aryl methyl sites for hydroxylation is 2. The van der Waals surface area contributed by atoms with Gasteiger partial charge in [-0.15, -0.1) is 0 Å². The Morgan fingerprint density at radius 1 is 1.42 bits per heavy atom. The van der Waals surface area contributed by atoms with Gasteiger partial charge in [0.25, 0.3) is 0 Å². The van der Waals surface area contributed by atoms with Gasteiger partial charge in [-0.1, -0.05) is 20.8 Å². The zero-order valence-electron chi connectivity index (χ0n) is 8.26. The lowest BCUT2D eigenvalue weighted by Crippen LogP contribution is -2.02.